The van der Waals surface area contributed by atoms with Crippen LogP contribution in [0.4, 0.5) is 11.4 Å². The highest BCUT2D eigenvalue weighted by Crippen LogP contribution is 2.31. The van der Waals surface area contributed by atoms with E-state index < -0.39 is 22.0 Å². The fourth-order valence-electron chi connectivity index (χ4n) is 2.74. The smallest absolute Gasteiger partial charge is 0.271 e. The summed E-state index contributed by atoms with van der Waals surface area (Å²) in [5.74, 6) is -0.952. The minimum absolute atomic E-state index is 0.0484. The molecule has 1 saturated heterocycles. The lowest BCUT2D eigenvalue weighted by Gasteiger charge is -2.14. The first-order chi connectivity index (χ1) is 13.9. The molecule has 1 atom stereocenters. The van der Waals surface area contributed by atoms with Crippen LogP contribution in [-0.2, 0) is 9.59 Å². The second-order valence-electron chi connectivity index (χ2n) is 6.14. The lowest BCUT2D eigenvalue weighted by Crippen LogP contribution is -2.31. The van der Waals surface area contributed by atoms with Crippen molar-refractivity contribution in [2.24, 2.45) is 15.9 Å². The predicted molar refractivity (Wildman–Crippen MR) is 112 cm³/mol. The molecule has 2 amide bonds. The number of benzene rings is 2. The van der Waals surface area contributed by atoms with E-state index in [0.717, 1.165) is 22.2 Å². The SMILES string of the molecule is C/C(=N/N=C(\N)SC1CC(=O)N(c2cccc([N+](=O)[O-])c2)C1=O)c1ccccc1. The Bertz CT molecular complexity index is 1020. The number of nitrogens with two attached hydrogens (primary N) is 1. The third-order valence-electron chi connectivity index (χ3n) is 4.16. The Hall–Kier alpha value is -3.53. The van der Waals surface area contributed by atoms with Crippen molar-refractivity contribution in [2.45, 2.75) is 18.6 Å². The van der Waals surface area contributed by atoms with Crippen LogP contribution in [0.3, 0.4) is 0 Å². The number of hydrogen-bond acceptors (Lipinski definition) is 7. The van der Waals surface area contributed by atoms with Crippen molar-refractivity contribution in [1.29, 1.82) is 0 Å². The van der Waals surface area contributed by atoms with Gasteiger partial charge < -0.3 is 5.73 Å². The second kappa shape index (κ2) is 8.65. The van der Waals surface area contributed by atoms with E-state index in [4.69, 9.17) is 5.73 Å². The minimum atomic E-state index is -0.766. The molecule has 148 valence electrons. The number of rotatable bonds is 5. The Labute approximate surface area is 170 Å². The van der Waals surface area contributed by atoms with Crippen molar-refractivity contribution >= 4 is 45.8 Å². The molecule has 1 heterocycles. The summed E-state index contributed by atoms with van der Waals surface area (Å²) >= 11 is 0.940. The molecule has 0 bridgehead atoms. The Balaban J connectivity index is 1.73. The summed E-state index contributed by atoms with van der Waals surface area (Å²) in [4.78, 5) is 36.3. The number of imide groups is 1. The predicted octanol–water partition coefficient (Wildman–Crippen LogP) is 2.70. The third-order valence-corrected chi connectivity index (χ3v) is 5.13. The van der Waals surface area contributed by atoms with Gasteiger partial charge in [-0.05, 0) is 18.6 Å². The molecule has 2 aromatic carbocycles. The maximum atomic E-state index is 12.7. The van der Waals surface area contributed by atoms with E-state index >= 15 is 0 Å². The average Bonchev–Trinajstić information content (AvgIpc) is 2.99. The number of carbonyl (C=O) groups is 2. The number of nitro groups is 1. The zero-order chi connectivity index (χ0) is 21.0. The number of carbonyl (C=O) groups excluding carboxylic acids is 2. The summed E-state index contributed by atoms with van der Waals surface area (Å²) in [5.41, 5.74) is 7.37. The standard InChI is InChI=1S/C19H17N5O4S/c1-12(13-6-3-2-4-7-13)21-22-19(20)29-16-11-17(25)23(18(16)26)14-8-5-9-15(10-14)24(27)28/h2-10,16H,11H2,1H3,(H2,20,22)/b21-12-. The Morgan fingerprint density at radius 2 is 1.90 bits per heavy atom. The Morgan fingerprint density at radius 1 is 1.17 bits per heavy atom. The van der Waals surface area contributed by atoms with E-state index in [1.165, 1.54) is 24.3 Å². The monoisotopic (exact) mass is 411 g/mol. The van der Waals surface area contributed by atoms with Crippen molar-refractivity contribution in [3.8, 4) is 0 Å². The number of amides is 2. The van der Waals surface area contributed by atoms with Crippen LogP contribution in [0, 0.1) is 10.1 Å². The number of nitro benzene ring substituents is 1. The Kier molecular flexibility index (Phi) is 6.03. The van der Waals surface area contributed by atoms with E-state index in [-0.39, 0.29) is 23.0 Å². The molecule has 29 heavy (non-hydrogen) atoms. The first-order valence-corrected chi connectivity index (χ1v) is 9.46. The lowest BCUT2D eigenvalue weighted by molar-refractivity contribution is -0.384. The zero-order valence-corrected chi connectivity index (χ0v) is 16.2. The summed E-state index contributed by atoms with van der Waals surface area (Å²) in [6, 6.07) is 14.8. The largest absolute Gasteiger partial charge is 0.377 e. The molecule has 3 rings (SSSR count). The molecule has 2 N–H and O–H groups in total. The van der Waals surface area contributed by atoms with Gasteiger partial charge in [-0.1, -0.05) is 48.2 Å². The summed E-state index contributed by atoms with van der Waals surface area (Å²) < 4.78 is 0. The zero-order valence-electron chi connectivity index (χ0n) is 15.4. The fraction of sp³-hybridized carbons (Fsp3) is 0.158. The number of thioether (sulfide) groups is 1. The van der Waals surface area contributed by atoms with Crippen molar-refractivity contribution in [2.75, 3.05) is 4.90 Å². The van der Waals surface area contributed by atoms with Crippen LogP contribution >= 0.6 is 11.8 Å². The van der Waals surface area contributed by atoms with Gasteiger partial charge in [0.05, 0.1) is 16.3 Å². The molecule has 0 saturated carbocycles. The number of hydrogen-bond donors (Lipinski definition) is 1. The molecule has 9 nitrogen and oxygen atoms in total. The molecular weight excluding hydrogens is 394 g/mol. The van der Waals surface area contributed by atoms with Crippen LogP contribution in [0.1, 0.15) is 18.9 Å². The van der Waals surface area contributed by atoms with Gasteiger partial charge in [-0.15, -0.1) is 5.10 Å². The quantitative estimate of drug-likeness (QED) is 0.265. The summed E-state index contributed by atoms with van der Waals surface area (Å²) in [7, 11) is 0. The molecule has 2 aromatic rings. The number of non-ortho nitro benzene ring substituents is 1. The van der Waals surface area contributed by atoms with Gasteiger partial charge in [0.15, 0.2) is 5.17 Å². The molecule has 0 aliphatic carbocycles. The van der Waals surface area contributed by atoms with E-state index in [0.29, 0.717) is 5.71 Å². The molecule has 0 spiro atoms. The van der Waals surface area contributed by atoms with E-state index in [2.05, 4.69) is 10.2 Å². The van der Waals surface area contributed by atoms with Crippen LogP contribution in [0.15, 0.2) is 64.8 Å². The molecule has 0 aromatic heterocycles. The number of amidine groups is 1. The molecule has 0 radical (unpaired) electrons. The van der Waals surface area contributed by atoms with Gasteiger partial charge >= 0.3 is 0 Å². The minimum Gasteiger partial charge on any atom is -0.377 e. The molecule has 1 unspecified atom stereocenters. The van der Waals surface area contributed by atoms with Gasteiger partial charge in [0.25, 0.3) is 5.69 Å². The molecule has 1 aliphatic rings. The summed E-state index contributed by atoms with van der Waals surface area (Å²) in [6.07, 6.45) is -0.0796. The van der Waals surface area contributed by atoms with Gasteiger partial charge in [0, 0.05) is 18.6 Å². The highest BCUT2D eigenvalue weighted by Gasteiger charge is 2.41. The molecule has 1 fully saturated rings. The van der Waals surface area contributed by atoms with Crippen molar-refractivity contribution < 1.29 is 14.5 Å². The molecular formula is C19H17N5O4S. The van der Waals surface area contributed by atoms with Crippen LogP contribution in [0.5, 0.6) is 0 Å². The maximum absolute atomic E-state index is 12.7. The average molecular weight is 411 g/mol. The van der Waals surface area contributed by atoms with Crippen molar-refractivity contribution in [1.82, 2.24) is 0 Å². The first kappa shape index (κ1) is 20.2. The highest BCUT2D eigenvalue weighted by atomic mass is 32.2. The van der Waals surface area contributed by atoms with Crippen molar-refractivity contribution in [3.63, 3.8) is 0 Å². The van der Waals surface area contributed by atoms with Gasteiger partial charge in [-0.25, -0.2) is 4.90 Å². The van der Waals surface area contributed by atoms with Gasteiger partial charge in [-0.2, -0.15) is 5.10 Å². The van der Waals surface area contributed by atoms with Gasteiger partial charge in [0.1, 0.15) is 5.25 Å². The maximum Gasteiger partial charge on any atom is 0.271 e. The second-order valence-corrected chi connectivity index (χ2v) is 7.37. The van der Waals surface area contributed by atoms with Crippen LogP contribution in [0.25, 0.3) is 0 Å². The fourth-order valence-corrected chi connectivity index (χ4v) is 3.56. The highest BCUT2D eigenvalue weighted by molar-refractivity contribution is 8.14. The van der Waals surface area contributed by atoms with Crippen LogP contribution < -0.4 is 10.6 Å². The number of anilines is 1. The van der Waals surface area contributed by atoms with E-state index in [1.807, 2.05) is 30.3 Å². The number of nitrogens with zero attached hydrogens (tertiary/aromatic N) is 4. The summed E-state index contributed by atoms with van der Waals surface area (Å²) in [5, 5.41) is 18.2. The van der Waals surface area contributed by atoms with E-state index in [1.54, 1.807) is 6.92 Å². The summed E-state index contributed by atoms with van der Waals surface area (Å²) in [6.45, 7) is 1.78. The first-order valence-electron chi connectivity index (χ1n) is 8.58. The van der Waals surface area contributed by atoms with Crippen LogP contribution in [-0.4, -0.2) is 32.9 Å². The topological polar surface area (TPSA) is 131 Å². The molecule has 10 heteroatoms. The Morgan fingerprint density at radius 3 is 2.59 bits per heavy atom. The molecule has 1 aliphatic heterocycles. The lowest BCUT2D eigenvalue weighted by atomic mass is 10.1. The third kappa shape index (κ3) is 4.66. The van der Waals surface area contributed by atoms with Crippen molar-refractivity contribution in [3.05, 3.63) is 70.3 Å². The van der Waals surface area contributed by atoms with Crippen LogP contribution in [0.2, 0.25) is 0 Å². The van der Waals surface area contributed by atoms with E-state index in [9.17, 15) is 19.7 Å². The van der Waals surface area contributed by atoms with Gasteiger partial charge in [-0.3, -0.25) is 19.7 Å². The van der Waals surface area contributed by atoms with Gasteiger partial charge in [0.2, 0.25) is 11.8 Å². The normalized spacial score (nSPS) is 17.7.